The number of H-pyrrole nitrogens is 1. The van der Waals surface area contributed by atoms with Gasteiger partial charge in [0.15, 0.2) is 5.69 Å². The van der Waals surface area contributed by atoms with Crippen molar-refractivity contribution in [1.82, 2.24) is 9.97 Å². The summed E-state index contributed by atoms with van der Waals surface area (Å²) >= 11 is 0. The third-order valence-electron chi connectivity index (χ3n) is 5.55. The maximum atomic E-state index is 13.1. The maximum absolute atomic E-state index is 13.1. The largest absolute Gasteiger partial charge is 0.481 e. The molecule has 0 atom stereocenters. The molecule has 1 heterocycles. The predicted octanol–water partition coefficient (Wildman–Crippen LogP) is 5.87. The van der Waals surface area contributed by atoms with Crippen LogP contribution >= 0.6 is 0 Å². The summed E-state index contributed by atoms with van der Waals surface area (Å²) < 4.78 is 11.3. The average molecular weight is 483 g/mol. The van der Waals surface area contributed by atoms with Crippen LogP contribution in [0, 0.1) is 6.92 Å². The second-order valence-corrected chi connectivity index (χ2v) is 9.62. The number of hydrogen-bond acceptors (Lipinski definition) is 5. The molecule has 0 amide bonds. The number of rotatable bonds is 7. The van der Waals surface area contributed by atoms with Crippen LogP contribution in [-0.2, 0) is 17.8 Å². The van der Waals surface area contributed by atoms with Gasteiger partial charge in [-0.2, -0.15) is 0 Å². The Morgan fingerprint density at radius 3 is 2.22 bits per heavy atom. The zero-order valence-electron chi connectivity index (χ0n) is 21.0. The van der Waals surface area contributed by atoms with Gasteiger partial charge >= 0.3 is 5.97 Å². The van der Waals surface area contributed by atoms with E-state index in [4.69, 9.17) is 9.47 Å². The van der Waals surface area contributed by atoms with E-state index in [0.29, 0.717) is 12.2 Å². The molecule has 0 spiro atoms. The fraction of sp³-hybridized carbons (Fsp3) is 0.233. The minimum atomic E-state index is -0.754. The van der Waals surface area contributed by atoms with E-state index in [9.17, 15) is 9.59 Å². The zero-order chi connectivity index (χ0) is 25.7. The quantitative estimate of drug-likeness (QED) is 0.333. The van der Waals surface area contributed by atoms with Gasteiger partial charge in [-0.25, -0.2) is 9.78 Å². The highest BCUT2D eigenvalue weighted by Crippen LogP contribution is 2.28. The van der Waals surface area contributed by atoms with E-state index in [1.165, 1.54) is 0 Å². The molecule has 1 aromatic heterocycles. The standard InChI is InChI=1S/C30H30N2O4/c1-20-12-8-10-16-23(20)24-17-11-9-15-22(24)18-25-31-26(29(34)36-30(2,3)4)27(28(33)32-25)35-19-21-13-6-5-7-14-21/h5-17H,18-19H2,1-4H3,(H,31,32,33). The lowest BCUT2D eigenvalue weighted by Gasteiger charge is -2.20. The first-order valence-electron chi connectivity index (χ1n) is 11.9. The summed E-state index contributed by atoms with van der Waals surface area (Å²) in [6, 6.07) is 25.5. The smallest absolute Gasteiger partial charge is 0.361 e. The van der Waals surface area contributed by atoms with Crippen LogP contribution in [-0.4, -0.2) is 21.5 Å². The summed E-state index contributed by atoms with van der Waals surface area (Å²) in [7, 11) is 0. The number of aromatic nitrogens is 2. The Hall–Kier alpha value is -4.19. The van der Waals surface area contributed by atoms with E-state index in [1.54, 1.807) is 20.8 Å². The molecule has 1 N–H and O–H groups in total. The number of nitrogens with one attached hydrogen (secondary N) is 1. The molecular weight excluding hydrogens is 452 g/mol. The van der Waals surface area contributed by atoms with Gasteiger partial charge in [0.1, 0.15) is 18.0 Å². The van der Waals surface area contributed by atoms with Crippen LogP contribution in [0.3, 0.4) is 0 Å². The van der Waals surface area contributed by atoms with E-state index in [-0.39, 0.29) is 18.1 Å². The van der Waals surface area contributed by atoms with Crippen LogP contribution in [0.2, 0.25) is 0 Å². The summed E-state index contributed by atoms with van der Waals surface area (Å²) in [5.74, 6) is -0.497. The molecule has 0 aliphatic rings. The van der Waals surface area contributed by atoms with Gasteiger partial charge in [0.2, 0.25) is 5.75 Å². The van der Waals surface area contributed by atoms with E-state index < -0.39 is 17.1 Å². The van der Waals surface area contributed by atoms with Gasteiger partial charge in [0.05, 0.1) is 0 Å². The first-order valence-corrected chi connectivity index (χ1v) is 11.9. The summed E-state index contributed by atoms with van der Waals surface area (Å²) in [6.45, 7) is 7.48. The second kappa shape index (κ2) is 10.6. The van der Waals surface area contributed by atoms with Crippen LogP contribution in [0.4, 0.5) is 0 Å². The van der Waals surface area contributed by atoms with Crippen molar-refractivity contribution < 1.29 is 14.3 Å². The monoisotopic (exact) mass is 482 g/mol. The van der Waals surface area contributed by atoms with Crippen LogP contribution in [0.15, 0.2) is 83.7 Å². The van der Waals surface area contributed by atoms with Gasteiger partial charge in [-0.3, -0.25) is 4.79 Å². The van der Waals surface area contributed by atoms with Crippen molar-refractivity contribution in [2.24, 2.45) is 0 Å². The lowest BCUT2D eigenvalue weighted by molar-refractivity contribution is 0.00572. The van der Waals surface area contributed by atoms with E-state index in [2.05, 4.69) is 29.0 Å². The minimum absolute atomic E-state index is 0.122. The minimum Gasteiger partial charge on any atom is -0.481 e. The van der Waals surface area contributed by atoms with Gasteiger partial charge in [-0.1, -0.05) is 78.9 Å². The first-order chi connectivity index (χ1) is 17.2. The van der Waals surface area contributed by atoms with Crippen molar-refractivity contribution in [3.8, 4) is 16.9 Å². The molecule has 0 aliphatic carbocycles. The van der Waals surface area contributed by atoms with E-state index in [0.717, 1.165) is 27.8 Å². The third-order valence-corrected chi connectivity index (χ3v) is 5.55. The highest BCUT2D eigenvalue weighted by molar-refractivity contribution is 5.90. The van der Waals surface area contributed by atoms with Gasteiger partial charge in [-0.05, 0) is 55.5 Å². The Morgan fingerprint density at radius 1 is 0.889 bits per heavy atom. The van der Waals surface area contributed by atoms with Crippen molar-refractivity contribution in [3.05, 3.63) is 117 Å². The van der Waals surface area contributed by atoms with Crippen LogP contribution < -0.4 is 10.3 Å². The molecule has 3 aromatic carbocycles. The first kappa shape index (κ1) is 24.9. The summed E-state index contributed by atoms with van der Waals surface area (Å²) in [5, 5.41) is 0. The van der Waals surface area contributed by atoms with Gasteiger partial charge < -0.3 is 14.5 Å². The van der Waals surface area contributed by atoms with E-state index in [1.807, 2.05) is 66.7 Å². The van der Waals surface area contributed by atoms with Crippen molar-refractivity contribution in [2.45, 2.75) is 46.3 Å². The number of benzene rings is 3. The number of carbonyl (C=O) groups is 1. The highest BCUT2D eigenvalue weighted by Gasteiger charge is 2.26. The zero-order valence-corrected chi connectivity index (χ0v) is 21.0. The summed E-state index contributed by atoms with van der Waals surface area (Å²) in [6.07, 6.45) is 0.328. The number of hydrogen-bond donors (Lipinski definition) is 1. The Kier molecular flexibility index (Phi) is 7.34. The third kappa shape index (κ3) is 6.08. The molecule has 0 aliphatic heterocycles. The SMILES string of the molecule is Cc1ccccc1-c1ccccc1Cc1nc(C(=O)OC(C)(C)C)c(OCc2ccccc2)c(=O)[nH]1. The average Bonchev–Trinajstić information content (AvgIpc) is 2.83. The van der Waals surface area contributed by atoms with Crippen LogP contribution in [0.1, 0.15) is 53.8 Å². The van der Waals surface area contributed by atoms with Crippen LogP contribution in [0.5, 0.6) is 5.75 Å². The Balaban J connectivity index is 1.72. The molecule has 0 saturated carbocycles. The molecule has 184 valence electrons. The second-order valence-electron chi connectivity index (χ2n) is 9.62. The molecule has 0 saturated heterocycles. The molecule has 6 nitrogen and oxygen atoms in total. The summed E-state index contributed by atoms with van der Waals surface area (Å²) in [4.78, 5) is 33.5. The highest BCUT2D eigenvalue weighted by atomic mass is 16.6. The predicted molar refractivity (Wildman–Crippen MR) is 140 cm³/mol. The molecule has 4 aromatic rings. The topological polar surface area (TPSA) is 81.3 Å². The number of aryl methyl sites for hydroxylation is 1. The molecule has 0 bridgehead atoms. The Morgan fingerprint density at radius 2 is 1.53 bits per heavy atom. The maximum Gasteiger partial charge on any atom is 0.361 e. The molecule has 36 heavy (non-hydrogen) atoms. The normalized spacial score (nSPS) is 11.2. The number of esters is 1. The van der Waals surface area contributed by atoms with Gasteiger partial charge in [-0.15, -0.1) is 0 Å². The van der Waals surface area contributed by atoms with Crippen molar-refractivity contribution in [2.75, 3.05) is 0 Å². The molecule has 6 heteroatoms. The molecular formula is C30H30N2O4. The fourth-order valence-corrected chi connectivity index (χ4v) is 3.91. The van der Waals surface area contributed by atoms with Gasteiger partial charge in [0.25, 0.3) is 5.56 Å². The van der Waals surface area contributed by atoms with Gasteiger partial charge in [0, 0.05) is 6.42 Å². The van der Waals surface area contributed by atoms with Crippen molar-refractivity contribution >= 4 is 5.97 Å². The van der Waals surface area contributed by atoms with Crippen molar-refractivity contribution in [3.63, 3.8) is 0 Å². The fourth-order valence-electron chi connectivity index (χ4n) is 3.91. The molecule has 4 rings (SSSR count). The lowest BCUT2D eigenvalue weighted by Crippen LogP contribution is -2.28. The molecule has 0 fully saturated rings. The Bertz CT molecular complexity index is 1420. The molecule has 0 unspecified atom stereocenters. The Labute approximate surface area is 211 Å². The number of aromatic amines is 1. The number of carbonyl (C=O) groups excluding carboxylic acids is 1. The van der Waals surface area contributed by atoms with E-state index >= 15 is 0 Å². The number of ether oxygens (including phenoxy) is 2. The number of nitrogens with zero attached hydrogens (tertiary/aromatic N) is 1. The van der Waals surface area contributed by atoms with Crippen molar-refractivity contribution in [1.29, 1.82) is 0 Å². The summed E-state index contributed by atoms with van der Waals surface area (Å²) in [5.41, 5.74) is 3.72. The van der Waals surface area contributed by atoms with Crippen LogP contribution in [0.25, 0.3) is 11.1 Å². The lowest BCUT2D eigenvalue weighted by atomic mass is 9.94. The molecule has 0 radical (unpaired) electrons.